The second-order valence-electron chi connectivity index (χ2n) is 24.4. The molecule has 0 aromatic carbocycles. The number of carbonyl (C=O) groups is 3. The Bertz CT molecular complexity index is 1610. The van der Waals surface area contributed by atoms with E-state index in [1.165, 1.54) is 160 Å². The van der Waals surface area contributed by atoms with Crippen LogP contribution in [0.2, 0.25) is 0 Å². The van der Waals surface area contributed by atoms with Crippen LogP contribution in [0.15, 0.2) is 23.8 Å². The van der Waals surface area contributed by atoms with Gasteiger partial charge in [0.2, 0.25) is 0 Å². The summed E-state index contributed by atoms with van der Waals surface area (Å²) in [6.45, 7) is 19.1. The molecule has 10 heteroatoms. The number of carbonyl (C=O) groups excluding carboxylic acids is 3. The fourth-order valence-corrected chi connectivity index (χ4v) is 14.4. The zero-order chi connectivity index (χ0) is 51.6. The van der Waals surface area contributed by atoms with Crippen molar-refractivity contribution in [1.29, 1.82) is 0 Å². The van der Waals surface area contributed by atoms with Gasteiger partial charge in [0.05, 0.1) is 26.4 Å². The predicted molar refractivity (Wildman–Crippen MR) is 293 cm³/mol. The van der Waals surface area contributed by atoms with Gasteiger partial charge in [-0.15, -0.1) is 0 Å². The zero-order valence-electron chi connectivity index (χ0n) is 47.3. The van der Waals surface area contributed by atoms with Crippen LogP contribution in [-0.2, 0) is 33.3 Å². The first-order chi connectivity index (χ1) is 34.9. The van der Waals surface area contributed by atoms with Crippen LogP contribution in [0.5, 0.6) is 0 Å². The van der Waals surface area contributed by atoms with E-state index in [4.69, 9.17) is 23.7 Å². The van der Waals surface area contributed by atoms with E-state index in [9.17, 15) is 14.4 Å². The first kappa shape index (κ1) is 60.4. The van der Waals surface area contributed by atoms with Crippen molar-refractivity contribution >= 4 is 18.0 Å². The molecular formula is C62H108N2O8. The Morgan fingerprint density at radius 3 is 2.19 bits per heavy atom. The molecule has 1 saturated heterocycles. The van der Waals surface area contributed by atoms with E-state index in [0.29, 0.717) is 17.9 Å². The van der Waals surface area contributed by atoms with Crippen molar-refractivity contribution < 1.29 is 38.1 Å². The van der Waals surface area contributed by atoms with Crippen LogP contribution in [0, 0.1) is 46.3 Å². The number of piperidine rings is 1. The summed E-state index contributed by atoms with van der Waals surface area (Å²) in [7, 11) is 1.32. The molecule has 4 aliphatic carbocycles. The second-order valence-corrected chi connectivity index (χ2v) is 24.4. The number of alkyl carbamates (subject to hydrolysis) is 1. The van der Waals surface area contributed by atoms with Crippen LogP contribution < -0.4 is 5.32 Å². The molecule has 0 radical (unpaired) electrons. The van der Waals surface area contributed by atoms with Crippen molar-refractivity contribution in [2.75, 3.05) is 53.2 Å². The van der Waals surface area contributed by atoms with Crippen LogP contribution in [-0.4, -0.2) is 94.4 Å². The molecule has 1 amide bonds. The van der Waals surface area contributed by atoms with Gasteiger partial charge in [0.25, 0.3) is 0 Å². The van der Waals surface area contributed by atoms with Crippen molar-refractivity contribution in [2.45, 2.75) is 252 Å². The third-order valence-electron chi connectivity index (χ3n) is 18.7. The lowest BCUT2D eigenvalue weighted by Crippen LogP contribution is -2.51. The number of esters is 2. The zero-order valence-corrected chi connectivity index (χ0v) is 47.3. The van der Waals surface area contributed by atoms with Crippen molar-refractivity contribution in [1.82, 2.24) is 10.2 Å². The number of hydrogen-bond acceptors (Lipinski definition) is 9. The summed E-state index contributed by atoms with van der Waals surface area (Å²) in [6, 6.07) is -1.05. The topological polar surface area (TPSA) is 113 Å². The fraction of sp³-hybridized carbons (Fsp3) is 0.887. The van der Waals surface area contributed by atoms with Crippen molar-refractivity contribution in [3.63, 3.8) is 0 Å². The monoisotopic (exact) mass is 1010 g/mol. The van der Waals surface area contributed by atoms with E-state index < -0.39 is 24.1 Å². The minimum absolute atomic E-state index is 0.0329. The molecule has 0 aromatic rings. The number of nitrogens with one attached hydrogen (secondary N) is 1. The highest BCUT2D eigenvalue weighted by Gasteiger charge is 2.59. The number of unbranched alkanes of at least 4 members (excludes halogenated alkanes) is 12. The van der Waals surface area contributed by atoms with E-state index in [1.807, 2.05) is 0 Å². The summed E-state index contributed by atoms with van der Waals surface area (Å²) < 4.78 is 29.1. The number of rotatable bonds is 35. The molecule has 1 heterocycles. The Balaban J connectivity index is 1.01. The minimum Gasteiger partial charge on any atom is -0.469 e. The van der Waals surface area contributed by atoms with Crippen LogP contribution in [0.3, 0.4) is 0 Å². The molecule has 5 aliphatic rings. The van der Waals surface area contributed by atoms with Crippen molar-refractivity contribution in [3.8, 4) is 0 Å². The van der Waals surface area contributed by atoms with Gasteiger partial charge in [-0.05, 0) is 156 Å². The maximum atomic E-state index is 13.5. The van der Waals surface area contributed by atoms with Crippen molar-refractivity contribution in [3.05, 3.63) is 23.8 Å². The third kappa shape index (κ3) is 19.6. The SMILES string of the molecule is CCCCCCCCC=CCCCCCCCCOCC(CN1CCCCC1)OCCOC(=O)[C@H](CCC(=O)OC)NC(=O)O[C@H]1CC[C@@]2(C)C(=CC[C@H]3[C@@H]4CC[C@H]([C@H](C)CCCC(C)C)[C@@]4(C)CC[C@@H]32)C1. The van der Waals surface area contributed by atoms with Crippen LogP contribution in [0.25, 0.3) is 0 Å². The molecule has 5 rings (SSSR count). The Kier molecular flexibility index (Phi) is 27.6. The van der Waals surface area contributed by atoms with Crippen LogP contribution in [0.4, 0.5) is 4.79 Å². The van der Waals surface area contributed by atoms with E-state index in [-0.39, 0.29) is 43.7 Å². The molecular weight excluding hydrogens is 901 g/mol. The number of fused-ring (bicyclic) bond motifs is 5. The van der Waals surface area contributed by atoms with E-state index in [2.05, 4.69) is 70.0 Å². The lowest BCUT2D eigenvalue weighted by atomic mass is 9.47. The molecule has 0 spiro atoms. The van der Waals surface area contributed by atoms with E-state index in [1.54, 1.807) is 0 Å². The third-order valence-corrected chi connectivity index (χ3v) is 18.7. The first-order valence-corrected chi connectivity index (χ1v) is 30.3. The van der Waals surface area contributed by atoms with Gasteiger partial charge in [0.15, 0.2) is 0 Å². The van der Waals surface area contributed by atoms with Gasteiger partial charge in [-0.1, -0.05) is 149 Å². The molecule has 4 fully saturated rings. The molecule has 0 aromatic heterocycles. The number of methoxy groups -OCH3 is 1. The smallest absolute Gasteiger partial charge is 0.408 e. The number of nitrogens with zero attached hydrogens (tertiary/aromatic N) is 1. The summed E-state index contributed by atoms with van der Waals surface area (Å²) in [6.07, 6.45) is 41.1. The normalized spacial score (nSPS) is 27.6. The van der Waals surface area contributed by atoms with Gasteiger partial charge in [-0.25, -0.2) is 9.59 Å². The molecule has 10 atom stereocenters. The van der Waals surface area contributed by atoms with Crippen LogP contribution in [0.1, 0.15) is 234 Å². The Hall–Kier alpha value is -2.43. The predicted octanol–water partition coefficient (Wildman–Crippen LogP) is 14.9. The number of likely N-dealkylation sites (tertiary alicyclic amines) is 1. The highest BCUT2D eigenvalue weighted by Crippen LogP contribution is 2.67. The van der Waals surface area contributed by atoms with Gasteiger partial charge in [-0.2, -0.15) is 0 Å². The average molecular weight is 1010 g/mol. The Morgan fingerprint density at radius 2 is 1.49 bits per heavy atom. The van der Waals surface area contributed by atoms with Crippen molar-refractivity contribution in [2.24, 2.45) is 46.3 Å². The molecule has 72 heavy (non-hydrogen) atoms. The van der Waals surface area contributed by atoms with Gasteiger partial charge in [0.1, 0.15) is 18.8 Å². The average Bonchev–Trinajstić information content (AvgIpc) is 3.73. The molecule has 1 unspecified atom stereocenters. The molecule has 10 nitrogen and oxygen atoms in total. The maximum absolute atomic E-state index is 13.5. The summed E-state index contributed by atoms with van der Waals surface area (Å²) in [4.78, 5) is 41.7. The summed E-state index contributed by atoms with van der Waals surface area (Å²) in [5.41, 5.74) is 2.04. The summed E-state index contributed by atoms with van der Waals surface area (Å²) >= 11 is 0. The molecule has 414 valence electrons. The number of amides is 1. The van der Waals surface area contributed by atoms with Gasteiger partial charge >= 0.3 is 18.0 Å². The summed E-state index contributed by atoms with van der Waals surface area (Å²) in [5.74, 6) is 3.59. The number of allylic oxidation sites excluding steroid dienone is 3. The van der Waals surface area contributed by atoms with Crippen LogP contribution >= 0.6 is 0 Å². The highest BCUT2D eigenvalue weighted by atomic mass is 16.6. The largest absolute Gasteiger partial charge is 0.469 e. The lowest BCUT2D eigenvalue weighted by molar-refractivity contribution is -0.149. The minimum atomic E-state index is -1.05. The van der Waals surface area contributed by atoms with E-state index >= 15 is 0 Å². The lowest BCUT2D eigenvalue weighted by Gasteiger charge is -2.58. The van der Waals surface area contributed by atoms with Gasteiger partial charge in [-0.3, -0.25) is 4.79 Å². The molecule has 0 bridgehead atoms. The quantitative estimate of drug-likeness (QED) is 0.0287. The highest BCUT2D eigenvalue weighted by molar-refractivity contribution is 5.82. The maximum Gasteiger partial charge on any atom is 0.408 e. The second kappa shape index (κ2) is 32.9. The Morgan fingerprint density at radius 1 is 0.778 bits per heavy atom. The molecule has 1 aliphatic heterocycles. The summed E-state index contributed by atoms with van der Waals surface area (Å²) in [5, 5.41) is 2.78. The number of ether oxygens (including phenoxy) is 5. The van der Waals surface area contributed by atoms with E-state index in [0.717, 1.165) is 87.9 Å². The standard InChI is InChI=1S/C62H108N2O8/c1-8-9-10-11-12-13-14-15-16-17-18-19-20-21-22-26-42-69-47-52(46-64-40-24-23-25-41-64)70-43-44-71-59(66)57(34-35-58(65)68-7)63-60(67)72-51-36-38-61(5)50(45-51)30-31-53-55-33-32-54(49(4)29-27-28-48(2)3)62(55,6)39-37-56(53)61/h15-16,30,48-49,51-57H,8-14,17-29,31-47H2,1-7H3,(H,63,67)/t49-,51+,52?,53+,54-,55+,56+,57+,61+,62-/m1/s1. The number of hydrogen-bond donors (Lipinski definition) is 1. The molecule has 3 saturated carbocycles. The molecule has 1 N–H and O–H groups in total. The van der Waals surface area contributed by atoms with Gasteiger partial charge in [0, 0.05) is 26.0 Å². The Labute approximate surface area is 440 Å². The fourth-order valence-electron chi connectivity index (χ4n) is 14.4. The van der Waals surface area contributed by atoms with Gasteiger partial charge < -0.3 is 33.9 Å². The first-order valence-electron chi connectivity index (χ1n) is 30.3.